The first-order valence-electron chi connectivity index (χ1n) is 5.95. The number of hydrogen-bond acceptors (Lipinski definition) is 4. The Bertz CT molecular complexity index is 456. The third-order valence-electron chi connectivity index (χ3n) is 3.24. The maximum atomic E-state index is 3.96. The molecule has 5 nitrogen and oxygen atoms in total. The van der Waals surface area contributed by atoms with Crippen LogP contribution in [0.1, 0.15) is 12.0 Å². The molecule has 1 aromatic heterocycles. The molecule has 3 rings (SSSR count). The van der Waals surface area contributed by atoms with E-state index in [4.69, 9.17) is 0 Å². The molecule has 0 radical (unpaired) electrons. The summed E-state index contributed by atoms with van der Waals surface area (Å²) in [5.74, 6) is 1.44. The van der Waals surface area contributed by atoms with Crippen molar-refractivity contribution in [2.75, 3.05) is 13.1 Å². The summed E-state index contributed by atoms with van der Waals surface area (Å²) in [5.41, 5.74) is 2.39. The van der Waals surface area contributed by atoms with E-state index in [2.05, 4.69) is 50.2 Å². The second-order valence-corrected chi connectivity index (χ2v) is 4.50. The molecule has 1 aliphatic rings. The number of aromatic amines is 1. The topological polar surface area (TPSA) is 66.5 Å². The van der Waals surface area contributed by atoms with Crippen LogP contribution in [-0.4, -0.2) is 33.7 Å². The summed E-state index contributed by atoms with van der Waals surface area (Å²) >= 11 is 0. The molecule has 0 amide bonds. The molecule has 1 atom stereocenters. The SMILES string of the molecule is c1cc(-c2nn[nH]n2)ccc1CC1CCNC1. The van der Waals surface area contributed by atoms with Crippen LogP contribution in [0.5, 0.6) is 0 Å². The lowest BCUT2D eigenvalue weighted by molar-refractivity contribution is 0.580. The molecule has 1 aromatic carbocycles. The van der Waals surface area contributed by atoms with E-state index in [1.54, 1.807) is 0 Å². The molecule has 88 valence electrons. The Morgan fingerprint density at radius 1 is 1.24 bits per heavy atom. The van der Waals surface area contributed by atoms with Gasteiger partial charge in [0.2, 0.25) is 5.82 Å². The van der Waals surface area contributed by atoms with Crippen LogP contribution >= 0.6 is 0 Å². The zero-order chi connectivity index (χ0) is 11.5. The highest BCUT2D eigenvalue weighted by atomic mass is 15.5. The van der Waals surface area contributed by atoms with E-state index >= 15 is 0 Å². The number of hydrogen-bond donors (Lipinski definition) is 2. The third-order valence-corrected chi connectivity index (χ3v) is 3.24. The highest BCUT2D eigenvalue weighted by molar-refractivity contribution is 5.54. The predicted molar refractivity (Wildman–Crippen MR) is 64.3 cm³/mol. The van der Waals surface area contributed by atoms with Crippen molar-refractivity contribution in [1.82, 2.24) is 25.9 Å². The van der Waals surface area contributed by atoms with E-state index in [9.17, 15) is 0 Å². The molecule has 0 spiro atoms. The number of nitrogens with zero attached hydrogens (tertiary/aromatic N) is 3. The van der Waals surface area contributed by atoms with Crippen LogP contribution in [0.4, 0.5) is 0 Å². The zero-order valence-electron chi connectivity index (χ0n) is 9.56. The van der Waals surface area contributed by atoms with Gasteiger partial charge in [0.25, 0.3) is 0 Å². The van der Waals surface area contributed by atoms with Gasteiger partial charge in [-0.3, -0.25) is 0 Å². The van der Waals surface area contributed by atoms with Gasteiger partial charge < -0.3 is 5.32 Å². The fourth-order valence-corrected chi connectivity index (χ4v) is 2.30. The first kappa shape index (κ1) is 10.4. The van der Waals surface area contributed by atoms with Crippen molar-refractivity contribution in [2.45, 2.75) is 12.8 Å². The Balaban J connectivity index is 1.71. The van der Waals surface area contributed by atoms with Crippen molar-refractivity contribution in [2.24, 2.45) is 5.92 Å². The predicted octanol–water partition coefficient (Wildman–Crippen LogP) is 1.02. The maximum absolute atomic E-state index is 3.96. The van der Waals surface area contributed by atoms with E-state index in [1.807, 2.05) is 0 Å². The number of H-pyrrole nitrogens is 1. The lowest BCUT2D eigenvalue weighted by atomic mass is 9.98. The molecule has 0 bridgehead atoms. The van der Waals surface area contributed by atoms with Crippen molar-refractivity contribution in [3.8, 4) is 11.4 Å². The summed E-state index contributed by atoms with van der Waals surface area (Å²) in [4.78, 5) is 0. The highest BCUT2D eigenvalue weighted by Gasteiger charge is 2.14. The van der Waals surface area contributed by atoms with Crippen molar-refractivity contribution in [3.05, 3.63) is 29.8 Å². The molecular formula is C12H15N5. The zero-order valence-corrected chi connectivity index (χ0v) is 9.56. The normalized spacial score (nSPS) is 19.6. The first-order valence-corrected chi connectivity index (χ1v) is 5.95. The molecule has 1 saturated heterocycles. The summed E-state index contributed by atoms with van der Waals surface area (Å²) in [5, 5.41) is 17.3. The molecule has 17 heavy (non-hydrogen) atoms. The van der Waals surface area contributed by atoms with Crippen LogP contribution in [0.25, 0.3) is 11.4 Å². The second-order valence-electron chi connectivity index (χ2n) is 4.50. The van der Waals surface area contributed by atoms with E-state index in [1.165, 1.54) is 12.0 Å². The fourth-order valence-electron chi connectivity index (χ4n) is 2.30. The van der Waals surface area contributed by atoms with Crippen molar-refractivity contribution in [3.63, 3.8) is 0 Å². The van der Waals surface area contributed by atoms with Crippen molar-refractivity contribution < 1.29 is 0 Å². The van der Waals surface area contributed by atoms with Crippen LogP contribution in [0.3, 0.4) is 0 Å². The summed E-state index contributed by atoms with van der Waals surface area (Å²) in [6, 6.07) is 8.43. The Morgan fingerprint density at radius 2 is 2.12 bits per heavy atom. The van der Waals surface area contributed by atoms with Gasteiger partial charge in [-0.15, -0.1) is 10.2 Å². The van der Waals surface area contributed by atoms with Crippen LogP contribution in [0.15, 0.2) is 24.3 Å². The molecule has 2 N–H and O–H groups in total. The first-order chi connectivity index (χ1) is 8.42. The number of nitrogens with one attached hydrogen (secondary N) is 2. The Hall–Kier alpha value is -1.75. The highest BCUT2D eigenvalue weighted by Crippen LogP contribution is 2.18. The summed E-state index contributed by atoms with van der Waals surface area (Å²) < 4.78 is 0. The van der Waals surface area contributed by atoms with Gasteiger partial charge in [-0.1, -0.05) is 24.3 Å². The minimum absolute atomic E-state index is 0.652. The van der Waals surface area contributed by atoms with Crippen LogP contribution in [0.2, 0.25) is 0 Å². The number of rotatable bonds is 3. The van der Waals surface area contributed by atoms with E-state index in [0.717, 1.165) is 31.0 Å². The van der Waals surface area contributed by atoms with Crippen molar-refractivity contribution >= 4 is 0 Å². The molecule has 0 saturated carbocycles. The van der Waals surface area contributed by atoms with Gasteiger partial charge in [-0.25, -0.2) is 0 Å². The van der Waals surface area contributed by atoms with Gasteiger partial charge in [0.1, 0.15) is 0 Å². The smallest absolute Gasteiger partial charge is 0.204 e. The van der Waals surface area contributed by atoms with Crippen molar-refractivity contribution in [1.29, 1.82) is 0 Å². The number of benzene rings is 1. The average Bonchev–Trinajstić information content (AvgIpc) is 3.01. The quantitative estimate of drug-likeness (QED) is 0.824. The number of tetrazole rings is 1. The minimum Gasteiger partial charge on any atom is -0.316 e. The van der Waals surface area contributed by atoms with Gasteiger partial charge in [0.15, 0.2) is 0 Å². The monoisotopic (exact) mass is 229 g/mol. The minimum atomic E-state index is 0.652. The number of aromatic nitrogens is 4. The molecular weight excluding hydrogens is 214 g/mol. The molecule has 5 heteroatoms. The van der Waals surface area contributed by atoms with Gasteiger partial charge >= 0.3 is 0 Å². The molecule has 1 fully saturated rings. The largest absolute Gasteiger partial charge is 0.316 e. The van der Waals surface area contributed by atoms with Gasteiger partial charge in [0, 0.05) is 5.56 Å². The van der Waals surface area contributed by atoms with Crippen LogP contribution in [0, 0.1) is 5.92 Å². The Kier molecular flexibility index (Phi) is 2.83. The lowest BCUT2D eigenvalue weighted by Gasteiger charge is -2.08. The van der Waals surface area contributed by atoms with E-state index in [-0.39, 0.29) is 0 Å². The molecule has 2 heterocycles. The van der Waals surface area contributed by atoms with E-state index < -0.39 is 0 Å². The summed E-state index contributed by atoms with van der Waals surface area (Å²) in [7, 11) is 0. The van der Waals surface area contributed by atoms with E-state index in [0.29, 0.717) is 5.82 Å². The molecule has 1 unspecified atom stereocenters. The molecule has 0 aliphatic carbocycles. The third kappa shape index (κ3) is 2.34. The van der Waals surface area contributed by atoms with Gasteiger partial charge in [-0.05, 0) is 42.6 Å². The Morgan fingerprint density at radius 3 is 2.76 bits per heavy atom. The summed E-state index contributed by atoms with van der Waals surface area (Å²) in [6.45, 7) is 2.30. The Labute approximate surface area is 99.6 Å². The summed E-state index contributed by atoms with van der Waals surface area (Å²) in [6.07, 6.45) is 2.44. The fraction of sp³-hybridized carbons (Fsp3) is 0.417. The van der Waals surface area contributed by atoms with Gasteiger partial charge in [0.05, 0.1) is 0 Å². The second kappa shape index (κ2) is 4.63. The van der Waals surface area contributed by atoms with Crippen LogP contribution < -0.4 is 5.32 Å². The lowest BCUT2D eigenvalue weighted by Crippen LogP contribution is -2.10. The van der Waals surface area contributed by atoms with Crippen LogP contribution in [-0.2, 0) is 6.42 Å². The maximum Gasteiger partial charge on any atom is 0.204 e. The van der Waals surface area contributed by atoms with Gasteiger partial charge in [-0.2, -0.15) is 5.21 Å². The average molecular weight is 229 g/mol. The standard InChI is InChI=1S/C12H15N5/c1-3-11(12-14-16-17-15-12)4-2-9(1)7-10-5-6-13-8-10/h1-4,10,13H,5-8H2,(H,14,15,16,17). The molecule has 1 aliphatic heterocycles. The molecule has 2 aromatic rings.